The lowest BCUT2D eigenvalue weighted by Crippen LogP contribution is -2.16. The quantitative estimate of drug-likeness (QED) is 0.863. The van der Waals surface area contributed by atoms with Crippen LogP contribution in [0.25, 0.3) is 0 Å². The van der Waals surface area contributed by atoms with Crippen LogP contribution >= 0.6 is 15.9 Å². The van der Waals surface area contributed by atoms with Gasteiger partial charge in [0.15, 0.2) is 0 Å². The molecule has 1 fully saturated rings. The summed E-state index contributed by atoms with van der Waals surface area (Å²) in [6, 6.07) is 7.16. The number of benzene rings is 1. The molecule has 106 valence electrons. The van der Waals surface area contributed by atoms with E-state index in [-0.39, 0.29) is 5.82 Å². The molecule has 1 aliphatic rings. The number of rotatable bonds is 6. The largest absolute Gasteiger partial charge is 0.489 e. The van der Waals surface area contributed by atoms with E-state index < -0.39 is 0 Å². The first-order valence-electron chi connectivity index (χ1n) is 6.59. The van der Waals surface area contributed by atoms with Crippen molar-refractivity contribution in [3.63, 3.8) is 0 Å². The molecule has 0 saturated heterocycles. The van der Waals surface area contributed by atoms with Crippen molar-refractivity contribution in [3.05, 3.63) is 52.1 Å². The second-order valence-corrected chi connectivity index (χ2v) is 5.74. The number of halogens is 2. The summed E-state index contributed by atoms with van der Waals surface area (Å²) in [5.41, 5.74) is 1.01. The van der Waals surface area contributed by atoms with Gasteiger partial charge in [0.05, 0.1) is 17.3 Å². The molecule has 0 radical (unpaired) electrons. The number of hydrogen-bond acceptors (Lipinski definition) is 3. The van der Waals surface area contributed by atoms with Crippen molar-refractivity contribution in [2.24, 2.45) is 0 Å². The highest BCUT2D eigenvalue weighted by Gasteiger charge is 2.21. The Morgan fingerprint density at radius 3 is 2.95 bits per heavy atom. The van der Waals surface area contributed by atoms with Crippen molar-refractivity contribution >= 4 is 15.9 Å². The van der Waals surface area contributed by atoms with Gasteiger partial charge in [0, 0.05) is 11.6 Å². The molecule has 0 unspecified atom stereocenters. The highest BCUT2D eigenvalue weighted by atomic mass is 79.9. The van der Waals surface area contributed by atoms with E-state index in [9.17, 15) is 4.39 Å². The summed E-state index contributed by atoms with van der Waals surface area (Å²) in [5.74, 6) is 1.23. The van der Waals surface area contributed by atoms with Crippen LogP contribution in [-0.4, -0.2) is 6.04 Å². The van der Waals surface area contributed by atoms with Crippen LogP contribution in [0.5, 0.6) is 5.75 Å². The summed E-state index contributed by atoms with van der Waals surface area (Å²) in [5, 5.41) is 3.41. The van der Waals surface area contributed by atoms with Gasteiger partial charge in [0.25, 0.3) is 0 Å². The minimum Gasteiger partial charge on any atom is -0.489 e. The van der Waals surface area contributed by atoms with E-state index in [0.29, 0.717) is 22.9 Å². The lowest BCUT2D eigenvalue weighted by Gasteiger charge is -2.07. The molecule has 1 N–H and O–H groups in total. The number of nitrogens with one attached hydrogen (secondary N) is 1. The van der Waals surface area contributed by atoms with Gasteiger partial charge in [-0.05, 0) is 53.0 Å². The minimum atomic E-state index is -0.296. The van der Waals surface area contributed by atoms with Crippen LogP contribution in [0.2, 0.25) is 0 Å². The summed E-state index contributed by atoms with van der Waals surface area (Å²) in [7, 11) is 0. The Kier molecular flexibility index (Phi) is 4.08. The first-order valence-corrected chi connectivity index (χ1v) is 7.38. The van der Waals surface area contributed by atoms with Gasteiger partial charge in [-0.1, -0.05) is 0 Å². The van der Waals surface area contributed by atoms with E-state index in [4.69, 9.17) is 9.15 Å². The second kappa shape index (κ2) is 5.97. The first kappa shape index (κ1) is 13.6. The fraction of sp³-hybridized carbons (Fsp3) is 0.333. The van der Waals surface area contributed by atoms with Crippen LogP contribution < -0.4 is 10.1 Å². The maximum absolute atomic E-state index is 13.1. The van der Waals surface area contributed by atoms with Crippen LogP contribution in [0.1, 0.15) is 24.2 Å². The normalized spacial score (nSPS) is 14.5. The van der Waals surface area contributed by atoms with Gasteiger partial charge in [0.1, 0.15) is 23.9 Å². The van der Waals surface area contributed by atoms with E-state index in [1.54, 1.807) is 18.4 Å². The summed E-state index contributed by atoms with van der Waals surface area (Å²) in [6.07, 6.45) is 4.16. The van der Waals surface area contributed by atoms with Crippen molar-refractivity contribution in [2.75, 3.05) is 0 Å². The first-order chi connectivity index (χ1) is 9.72. The van der Waals surface area contributed by atoms with Crippen LogP contribution in [0.15, 0.2) is 39.4 Å². The number of ether oxygens (including phenoxy) is 1. The average Bonchev–Trinajstić information content (AvgIpc) is 3.16. The summed E-state index contributed by atoms with van der Waals surface area (Å²) >= 11 is 3.14. The second-order valence-electron chi connectivity index (χ2n) is 4.89. The Morgan fingerprint density at radius 1 is 1.35 bits per heavy atom. The Hall–Kier alpha value is -1.33. The molecule has 0 bridgehead atoms. The molecular weight excluding hydrogens is 325 g/mol. The maximum atomic E-state index is 13.1. The Balaban J connectivity index is 1.59. The van der Waals surface area contributed by atoms with Crippen LogP contribution in [0.3, 0.4) is 0 Å². The molecule has 2 aromatic rings. The average molecular weight is 340 g/mol. The molecular formula is C15H15BrFNO2. The zero-order chi connectivity index (χ0) is 13.9. The van der Waals surface area contributed by atoms with Crippen molar-refractivity contribution in [1.29, 1.82) is 0 Å². The smallest absolute Gasteiger partial charge is 0.137 e. The fourth-order valence-corrected chi connectivity index (χ4v) is 2.26. The Labute approximate surface area is 125 Å². The Morgan fingerprint density at radius 2 is 2.20 bits per heavy atom. The molecule has 0 atom stereocenters. The number of hydrogen-bond donors (Lipinski definition) is 1. The summed E-state index contributed by atoms with van der Waals surface area (Å²) in [4.78, 5) is 0. The van der Waals surface area contributed by atoms with Gasteiger partial charge >= 0.3 is 0 Å². The zero-order valence-electron chi connectivity index (χ0n) is 10.9. The van der Waals surface area contributed by atoms with Crippen molar-refractivity contribution < 1.29 is 13.5 Å². The third kappa shape index (κ3) is 3.41. The van der Waals surface area contributed by atoms with Gasteiger partial charge in [-0.25, -0.2) is 4.39 Å². The van der Waals surface area contributed by atoms with E-state index in [2.05, 4.69) is 21.2 Å². The van der Waals surface area contributed by atoms with Crippen LogP contribution in [0, 0.1) is 5.82 Å². The molecule has 0 spiro atoms. The van der Waals surface area contributed by atoms with E-state index in [1.807, 2.05) is 6.07 Å². The minimum absolute atomic E-state index is 0.296. The van der Waals surface area contributed by atoms with Gasteiger partial charge in [0.2, 0.25) is 0 Å². The standard InChI is InChI=1S/C15H15BrFNO2/c16-13-7-12(3-4-14(13)17)20-9-10-5-6-19-15(10)8-18-11-1-2-11/h3-7,11,18H,1-2,8-9H2. The fourth-order valence-electron chi connectivity index (χ4n) is 1.90. The Bertz CT molecular complexity index is 595. The molecule has 0 aliphatic heterocycles. The van der Waals surface area contributed by atoms with Crippen LogP contribution in [0.4, 0.5) is 4.39 Å². The van der Waals surface area contributed by atoms with Gasteiger partial charge in [-0.2, -0.15) is 0 Å². The van der Waals surface area contributed by atoms with Crippen LogP contribution in [-0.2, 0) is 13.2 Å². The third-order valence-electron chi connectivity index (χ3n) is 3.25. The molecule has 20 heavy (non-hydrogen) atoms. The molecule has 5 heteroatoms. The summed E-state index contributed by atoms with van der Waals surface area (Å²) in [6.45, 7) is 1.14. The van der Waals surface area contributed by atoms with Gasteiger partial charge in [-0.3, -0.25) is 0 Å². The monoisotopic (exact) mass is 339 g/mol. The van der Waals surface area contributed by atoms with Crippen molar-refractivity contribution in [1.82, 2.24) is 5.32 Å². The summed E-state index contributed by atoms with van der Waals surface area (Å²) < 4.78 is 24.7. The number of furan rings is 1. The van der Waals surface area contributed by atoms with Crippen molar-refractivity contribution in [3.8, 4) is 5.75 Å². The zero-order valence-corrected chi connectivity index (χ0v) is 12.5. The molecule has 1 aliphatic carbocycles. The molecule has 1 aromatic heterocycles. The molecule has 3 nitrogen and oxygen atoms in total. The predicted octanol–water partition coefficient (Wildman–Crippen LogP) is 4.01. The third-order valence-corrected chi connectivity index (χ3v) is 3.86. The highest BCUT2D eigenvalue weighted by Crippen LogP contribution is 2.24. The van der Waals surface area contributed by atoms with Gasteiger partial charge < -0.3 is 14.5 Å². The highest BCUT2D eigenvalue weighted by molar-refractivity contribution is 9.10. The van der Waals surface area contributed by atoms with Crippen molar-refractivity contribution in [2.45, 2.75) is 32.0 Å². The molecule has 1 heterocycles. The molecule has 3 rings (SSSR count). The predicted molar refractivity (Wildman–Crippen MR) is 77.0 cm³/mol. The van der Waals surface area contributed by atoms with E-state index >= 15 is 0 Å². The molecule has 1 aromatic carbocycles. The molecule has 1 saturated carbocycles. The lowest BCUT2D eigenvalue weighted by atomic mass is 10.2. The van der Waals surface area contributed by atoms with Gasteiger partial charge in [-0.15, -0.1) is 0 Å². The maximum Gasteiger partial charge on any atom is 0.137 e. The van der Waals surface area contributed by atoms with E-state index in [1.165, 1.54) is 18.9 Å². The van der Waals surface area contributed by atoms with E-state index in [0.717, 1.165) is 17.9 Å². The molecule has 0 amide bonds. The SMILES string of the molecule is Fc1ccc(OCc2ccoc2CNC2CC2)cc1Br. The lowest BCUT2D eigenvalue weighted by molar-refractivity contribution is 0.300. The topological polar surface area (TPSA) is 34.4 Å².